The SMILES string of the molecule is CC1CS(=O)(=O)CCN1c1ccc(C(=O)O)cc1. The van der Waals surface area contributed by atoms with Gasteiger partial charge in [-0.15, -0.1) is 0 Å². The van der Waals surface area contributed by atoms with Gasteiger partial charge in [-0.05, 0) is 31.2 Å². The van der Waals surface area contributed by atoms with Gasteiger partial charge in [-0.2, -0.15) is 0 Å². The number of hydrogen-bond acceptors (Lipinski definition) is 4. The van der Waals surface area contributed by atoms with E-state index in [1.807, 2.05) is 11.8 Å². The van der Waals surface area contributed by atoms with E-state index in [0.717, 1.165) is 5.69 Å². The molecule has 1 aromatic rings. The Morgan fingerprint density at radius 3 is 2.44 bits per heavy atom. The third kappa shape index (κ3) is 2.64. The van der Waals surface area contributed by atoms with E-state index in [1.54, 1.807) is 12.1 Å². The molecular weight excluding hydrogens is 254 g/mol. The second-order valence-electron chi connectivity index (χ2n) is 4.51. The van der Waals surface area contributed by atoms with E-state index in [4.69, 9.17) is 5.11 Å². The maximum Gasteiger partial charge on any atom is 0.335 e. The molecule has 1 heterocycles. The van der Waals surface area contributed by atoms with Crippen molar-refractivity contribution in [2.24, 2.45) is 0 Å². The van der Waals surface area contributed by atoms with Crippen LogP contribution in [0.5, 0.6) is 0 Å². The molecule has 0 saturated carbocycles. The Morgan fingerprint density at radius 1 is 1.33 bits per heavy atom. The lowest BCUT2D eigenvalue weighted by Crippen LogP contribution is -2.47. The molecule has 0 aliphatic carbocycles. The molecule has 1 aliphatic heterocycles. The largest absolute Gasteiger partial charge is 0.478 e. The summed E-state index contributed by atoms with van der Waals surface area (Å²) in [5, 5.41) is 8.81. The van der Waals surface area contributed by atoms with Crippen LogP contribution in [-0.4, -0.2) is 43.6 Å². The van der Waals surface area contributed by atoms with Gasteiger partial charge < -0.3 is 10.0 Å². The van der Waals surface area contributed by atoms with Crippen LogP contribution in [0.15, 0.2) is 24.3 Å². The Bertz CT molecular complexity index is 550. The van der Waals surface area contributed by atoms with Gasteiger partial charge in [0.05, 0.1) is 17.1 Å². The third-order valence-electron chi connectivity index (χ3n) is 3.12. The Labute approximate surface area is 106 Å². The first-order chi connectivity index (χ1) is 8.39. The van der Waals surface area contributed by atoms with E-state index in [-0.39, 0.29) is 23.1 Å². The fraction of sp³-hybridized carbons (Fsp3) is 0.417. The summed E-state index contributed by atoms with van der Waals surface area (Å²) < 4.78 is 23.0. The molecule has 0 bridgehead atoms. The number of aromatic carboxylic acids is 1. The Balaban J connectivity index is 2.20. The second kappa shape index (κ2) is 4.61. The number of nitrogens with zero attached hydrogens (tertiary/aromatic N) is 1. The quantitative estimate of drug-likeness (QED) is 0.867. The van der Waals surface area contributed by atoms with Crippen molar-refractivity contribution in [3.05, 3.63) is 29.8 Å². The van der Waals surface area contributed by atoms with Crippen LogP contribution in [0.3, 0.4) is 0 Å². The molecule has 1 unspecified atom stereocenters. The molecule has 1 aromatic carbocycles. The van der Waals surface area contributed by atoms with Gasteiger partial charge in [-0.3, -0.25) is 0 Å². The highest BCUT2D eigenvalue weighted by atomic mass is 32.2. The lowest BCUT2D eigenvalue weighted by molar-refractivity contribution is 0.0697. The number of rotatable bonds is 2. The summed E-state index contributed by atoms with van der Waals surface area (Å²) in [6.07, 6.45) is 0. The van der Waals surface area contributed by atoms with E-state index in [0.29, 0.717) is 6.54 Å². The molecule has 1 fully saturated rings. The third-order valence-corrected chi connectivity index (χ3v) is 4.91. The normalized spacial score (nSPS) is 22.7. The highest BCUT2D eigenvalue weighted by molar-refractivity contribution is 7.91. The molecule has 2 rings (SSSR count). The molecule has 1 N–H and O–H groups in total. The zero-order chi connectivity index (χ0) is 13.3. The van der Waals surface area contributed by atoms with E-state index >= 15 is 0 Å². The summed E-state index contributed by atoms with van der Waals surface area (Å²) >= 11 is 0. The highest BCUT2D eigenvalue weighted by Crippen LogP contribution is 2.22. The van der Waals surface area contributed by atoms with Crippen molar-refractivity contribution >= 4 is 21.5 Å². The average Bonchev–Trinajstić information content (AvgIpc) is 2.28. The average molecular weight is 269 g/mol. The minimum atomic E-state index is -2.93. The maximum atomic E-state index is 11.5. The Kier molecular flexibility index (Phi) is 3.30. The van der Waals surface area contributed by atoms with E-state index < -0.39 is 15.8 Å². The van der Waals surface area contributed by atoms with Crippen LogP contribution in [0.1, 0.15) is 17.3 Å². The monoisotopic (exact) mass is 269 g/mol. The number of anilines is 1. The van der Waals surface area contributed by atoms with Gasteiger partial charge in [0.25, 0.3) is 0 Å². The summed E-state index contributed by atoms with van der Waals surface area (Å²) in [6, 6.07) is 6.43. The second-order valence-corrected chi connectivity index (χ2v) is 6.74. The van der Waals surface area contributed by atoms with Crippen LogP contribution in [0.4, 0.5) is 5.69 Å². The van der Waals surface area contributed by atoms with Crippen LogP contribution in [-0.2, 0) is 9.84 Å². The number of carbonyl (C=O) groups is 1. The smallest absolute Gasteiger partial charge is 0.335 e. The molecule has 0 spiro atoms. The summed E-state index contributed by atoms with van der Waals surface area (Å²) in [6.45, 7) is 2.32. The molecule has 18 heavy (non-hydrogen) atoms. The van der Waals surface area contributed by atoms with Crippen molar-refractivity contribution in [1.29, 1.82) is 0 Å². The van der Waals surface area contributed by atoms with Gasteiger partial charge in [0, 0.05) is 18.3 Å². The molecule has 1 aliphatic rings. The van der Waals surface area contributed by atoms with Crippen molar-refractivity contribution in [3.8, 4) is 0 Å². The highest BCUT2D eigenvalue weighted by Gasteiger charge is 2.28. The first kappa shape index (κ1) is 12.9. The predicted molar refractivity (Wildman–Crippen MR) is 68.9 cm³/mol. The van der Waals surface area contributed by atoms with Crippen molar-refractivity contribution in [3.63, 3.8) is 0 Å². The summed E-state index contributed by atoms with van der Waals surface area (Å²) in [4.78, 5) is 12.7. The van der Waals surface area contributed by atoms with Gasteiger partial charge in [-0.1, -0.05) is 0 Å². The van der Waals surface area contributed by atoms with Gasteiger partial charge in [0.15, 0.2) is 9.84 Å². The fourth-order valence-electron chi connectivity index (χ4n) is 2.18. The number of hydrogen-bond donors (Lipinski definition) is 1. The van der Waals surface area contributed by atoms with E-state index in [9.17, 15) is 13.2 Å². The van der Waals surface area contributed by atoms with Gasteiger partial charge in [0.1, 0.15) is 0 Å². The fourth-order valence-corrected chi connectivity index (χ4v) is 3.73. The predicted octanol–water partition coefficient (Wildman–Crippen LogP) is 1.01. The zero-order valence-corrected chi connectivity index (χ0v) is 10.9. The minimum Gasteiger partial charge on any atom is -0.478 e. The number of sulfone groups is 1. The number of benzene rings is 1. The molecule has 6 heteroatoms. The molecule has 5 nitrogen and oxygen atoms in total. The molecule has 98 valence electrons. The Morgan fingerprint density at radius 2 is 1.94 bits per heavy atom. The van der Waals surface area contributed by atoms with Crippen LogP contribution in [0.25, 0.3) is 0 Å². The van der Waals surface area contributed by atoms with Gasteiger partial charge in [-0.25, -0.2) is 13.2 Å². The van der Waals surface area contributed by atoms with Crippen LogP contribution in [0, 0.1) is 0 Å². The van der Waals surface area contributed by atoms with Crippen LogP contribution in [0.2, 0.25) is 0 Å². The topological polar surface area (TPSA) is 74.7 Å². The van der Waals surface area contributed by atoms with Crippen molar-refractivity contribution in [2.75, 3.05) is 23.0 Å². The molecule has 1 atom stereocenters. The molecule has 0 amide bonds. The summed E-state index contributed by atoms with van der Waals surface area (Å²) in [7, 11) is -2.93. The molecule has 0 aromatic heterocycles. The standard InChI is InChI=1S/C12H15NO4S/c1-9-8-18(16,17)7-6-13(9)11-4-2-10(3-5-11)12(14)15/h2-5,9H,6-8H2,1H3,(H,14,15). The first-order valence-corrected chi connectivity index (χ1v) is 7.51. The number of carboxylic acids is 1. The lowest BCUT2D eigenvalue weighted by Gasteiger charge is -2.35. The summed E-state index contributed by atoms with van der Waals surface area (Å²) in [5.74, 6) is -0.665. The molecular formula is C12H15NO4S. The molecule has 1 saturated heterocycles. The van der Waals surface area contributed by atoms with Crippen LogP contribution < -0.4 is 4.90 Å². The van der Waals surface area contributed by atoms with Crippen molar-refractivity contribution in [1.82, 2.24) is 0 Å². The van der Waals surface area contributed by atoms with Crippen molar-refractivity contribution < 1.29 is 18.3 Å². The van der Waals surface area contributed by atoms with Crippen LogP contribution >= 0.6 is 0 Å². The van der Waals surface area contributed by atoms with E-state index in [2.05, 4.69) is 0 Å². The lowest BCUT2D eigenvalue weighted by atomic mass is 10.1. The maximum absolute atomic E-state index is 11.5. The van der Waals surface area contributed by atoms with Gasteiger partial charge >= 0.3 is 5.97 Å². The first-order valence-electron chi connectivity index (χ1n) is 5.69. The number of carboxylic acid groups (broad SMARTS) is 1. The van der Waals surface area contributed by atoms with Gasteiger partial charge in [0.2, 0.25) is 0 Å². The van der Waals surface area contributed by atoms with E-state index in [1.165, 1.54) is 12.1 Å². The summed E-state index contributed by atoms with van der Waals surface area (Å²) in [5.41, 5.74) is 1.10. The molecule has 0 radical (unpaired) electrons. The minimum absolute atomic E-state index is 0.0839. The van der Waals surface area contributed by atoms with Crippen molar-refractivity contribution in [2.45, 2.75) is 13.0 Å². The zero-order valence-electron chi connectivity index (χ0n) is 10.0. The Hall–Kier alpha value is -1.56.